The van der Waals surface area contributed by atoms with E-state index >= 15 is 0 Å². The van der Waals surface area contributed by atoms with Crippen molar-refractivity contribution in [2.45, 2.75) is 64.5 Å². The maximum absolute atomic E-state index is 14.1. The molecular formula is C37H46N6O5. The summed E-state index contributed by atoms with van der Waals surface area (Å²) in [5.74, 6) is -0.232. The number of aromatic nitrogens is 3. The number of hydrogen-bond acceptors (Lipinski definition) is 7. The number of H-pyrrole nitrogens is 1. The molecule has 3 aliphatic heterocycles. The molecule has 5 heterocycles. The van der Waals surface area contributed by atoms with Crippen LogP contribution in [-0.4, -0.2) is 105 Å². The number of benzene rings is 2. The first-order valence-electron chi connectivity index (χ1n) is 17.4. The number of piperazine rings is 1. The third-order valence-electron chi connectivity index (χ3n) is 10.8. The number of para-hydroxylation sites is 1. The second kappa shape index (κ2) is 13.7. The molecule has 1 atom stereocenters. The lowest BCUT2D eigenvalue weighted by Gasteiger charge is -2.41. The molecule has 7 rings (SSSR count). The number of carbonyl (C=O) groups is 2. The molecule has 4 aromatic rings. The van der Waals surface area contributed by atoms with Crippen molar-refractivity contribution < 1.29 is 19.4 Å². The normalized spacial score (nSPS) is 19.3. The number of phenols is 1. The van der Waals surface area contributed by atoms with Gasteiger partial charge >= 0.3 is 5.69 Å². The Morgan fingerprint density at radius 2 is 1.62 bits per heavy atom. The molecule has 2 N–H and O–H groups in total. The molecule has 0 aliphatic carbocycles. The van der Waals surface area contributed by atoms with Gasteiger partial charge in [-0.25, -0.2) is 4.79 Å². The number of ether oxygens (including phenoxy) is 1. The van der Waals surface area contributed by atoms with E-state index in [1.165, 1.54) is 0 Å². The number of imidazole rings is 1. The molecule has 0 spiro atoms. The molecule has 2 aromatic heterocycles. The lowest BCUT2D eigenvalue weighted by Crippen LogP contribution is -2.54. The maximum Gasteiger partial charge on any atom is 0.326 e. The van der Waals surface area contributed by atoms with Gasteiger partial charge in [0.05, 0.1) is 28.7 Å². The van der Waals surface area contributed by atoms with E-state index in [9.17, 15) is 19.5 Å². The minimum atomic E-state index is -0.496. The standard InChI is InChI=1S/C37H46N6O5/c1-24-19-26(20-25(2)35(24)45)21-27(36(46)42-15-13-40(14-16-42)28-9-17-48-18-10-28)22-33(44)41-11-7-29(8-12-41)43-32-23-38-31-6-4-3-5-30(31)34(32)39-37(43)47/h3-6,19-20,23,27-29,45H,7-18,21-22H2,1-2H3,(H,39,47)/t27-/m0/s1. The van der Waals surface area contributed by atoms with Gasteiger partial charge in [-0.3, -0.25) is 24.0 Å². The van der Waals surface area contributed by atoms with Crippen LogP contribution in [0.25, 0.3) is 21.9 Å². The summed E-state index contributed by atoms with van der Waals surface area (Å²) in [6.45, 7) is 9.34. The Kier molecular flexibility index (Phi) is 9.24. The fraction of sp³-hybridized carbons (Fsp3) is 0.514. The smallest absolute Gasteiger partial charge is 0.326 e. The number of hydrogen-bond donors (Lipinski definition) is 2. The fourth-order valence-electron chi connectivity index (χ4n) is 8.11. The summed E-state index contributed by atoms with van der Waals surface area (Å²) in [5.41, 5.74) is 4.74. The van der Waals surface area contributed by atoms with Crippen molar-refractivity contribution in [1.29, 1.82) is 0 Å². The highest BCUT2D eigenvalue weighted by molar-refractivity contribution is 6.01. The topological polar surface area (TPSA) is 124 Å². The third-order valence-corrected chi connectivity index (χ3v) is 10.8. The van der Waals surface area contributed by atoms with E-state index in [1.807, 2.05) is 60.0 Å². The molecule has 3 aliphatic rings. The van der Waals surface area contributed by atoms with Crippen molar-refractivity contribution in [1.82, 2.24) is 29.2 Å². The average Bonchev–Trinajstić information content (AvgIpc) is 3.46. The quantitative estimate of drug-likeness (QED) is 0.310. The monoisotopic (exact) mass is 654 g/mol. The van der Waals surface area contributed by atoms with Crippen LogP contribution in [0.3, 0.4) is 0 Å². The van der Waals surface area contributed by atoms with Crippen LogP contribution in [0, 0.1) is 19.8 Å². The number of phenolic OH excluding ortho intramolecular Hbond substituents is 1. The summed E-state index contributed by atoms with van der Waals surface area (Å²) in [7, 11) is 0. The number of aromatic amines is 1. The molecule has 254 valence electrons. The van der Waals surface area contributed by atoms with Crippen LogP contribution >= 0.6 is 0 Å². The van der Waals surface area contributed by atoms with E-state index in [0.29, 0.717) is 51.5 Å². The molecule has 2 amide bonds. The zero-order chi connectivity index (χ0) is 33.4. The fourth-order valence-corrected chi connectivity index (χ4v) is 8.11. The number of rotatable bonds is 7. The summed E-state index contributed by atoms with van der Waals surface area (Å²) in [5, 5.41) is 11.3. The highest BCUT2D eigenvalue weighted by Crippen LogP contribution is 2.30. The minimum absolute atomic E-state index is 0.0262. The number of pyridine rings is 1. The van der Waals surface area contributed by atoms with Crippen molar-refractivity contribution in [2.24, 2.45) is 5.92 Å². The predicted octanol–water partition coefficient (Wildman–Crippen LogP) is 3.94. The first kappa shape index (κ1) is 32.3. The van der Waals surface area contributed by atoms with E-state index < -0.39 is 5.92 Å². The van der Waals surface area contributed by atoms with Gasteiger partial charge in [-0.05, 0) is 68.7 Å². The van der Waals surface area contributed by atoms with Crippen LogP contribution in [0.2, 0.25) is 0 Å². The molecule has 0 unspecified atom stereocenters. The number of aryl methyl sites for hydroxylation is 2. The Labute approximate surface area is 280 Å². The van der Waals surface area contributed by atoms with Crippen LogP contribution < -0.4 is 5.69 Å². The van der Waals surface area contributed by atoms with E-state index in [1.54, 1.807) is 10.8 Å². The summed E-state index contributed by atoms with van der Waals surface area (Å²) >= 11 is 0. The molecule has 3 saturated heterocycles. The number of amides is 2. The van der Waals surface area contributed by atoms with Gasteiger partial charge in [0.1, 0.15) is 5.75 Å². The molecule has 11 nitrogen and oxygen atoms in total. The van der Waals surface area contributed by atoms with Gasteiger partial charge in [-0.1, -0.05) is 30.3 Å². The first-order valence-corrected chi connectivity index (χ1v) is 17.4. The second-order valence-electron chi connectivity index (χ2n) is 13.8. The van der Waals surface area contributed by atoms with Gasteiger partial charge in [0, 0.05) is 76.4 Å². The summed E-state index contributed by atoms with van der Waals surface area (Å²) in [6, 6.07) is 12.1. The molecule has 0 saturated carbocycles. The first-order chi connectivity index (χ1) is 23.3. The zero-order valence-corrected chi connectivity index (χ0v) is 28.0. The van der Waals surface area contributed by atoms with Crippen molar-refractivity contribution in [3.8, 4) is 5.75 Å². The van der Waals surface area contributed by atoms with Crippen molar-refractivity contribution >= 4 is 33.8 Å². The Balaban J connectivity index is 1.04. The second-order valence-corrected chi connectivity index (χ2v) is 13.8. The predicted molar refractivity (Wildman–Crippen MR) is 184 cm³/mol. The number of fused-ring (bicyclic) bond motifs is 3. The molecular weight excluding hydrogens is 608 g/mol. The van der Waals surface area contributed by atoms with Gasteiger partial charge in [0.15, 0.2) is 0 Å². The van der Waals surface area contributed by atoms with Gasteiger partial charge < -0.3 is 24.6 Å². The van der Waals surface area contributed by atoms with Crippen molar-refractivity contribution in [3.05, 3.63) is 69.8 Å². The molecule has 3 fully saturated rings. The number of nitrogens with zero attached hydrogens (tertiary/aromatic N) is 5. The molecule has 0 radical (unpaired) electrons. The van der Waals surface area contributed by atoms with E-state index in [-0.39, 0.29) is 35.7 Å². The zero-order valence-electron chi connectivity index (χ0n) is 28.0. The third kappa shape index (κ3) is 6.45. The Hall–Kier alpha value is -4.22. The Bertz CT molecular complexity index is 1840. The molecule has 48 heavy (non-hydrogen) atoms. The number of piperidine rings is 1. The molecule has 0 bridgehead atoms. The number of carbonyl (C=O) groups excluding carboxylic acids is 2. The van der Waals surface area contributed by atoms with Gasteiger partial charge in [-0.15, -0.1) is 0 Å². The van der Waals surface area contributed by atoms with Crippen LogP contribution in [0.15, 0.2) is 47.4 Å². The van der Waals surface area contributed by atoms with Crippen molar-refractivity contribution in [3.63, 3.8) is 0 Å². The maximum atomic E-state index is 14.1. The highest BCUT2D eigenvalue weighted by atomic mass is 16.5. The van der Waals surface area contributed by atoms with E-state index in [2.05, 4.69) is 14.9 Å². The lowest BCUT2D eigenvalue weighted by molar-refractivity contribution is -0.143. The Morgan fingerprint density at radius 3 is 2.33 bits per heavy atom. The van der Waals surface area contributed by atoms with Crippen LogP contribution in [0.1, 0.15) is 54.8 Å². The van der Waals surface area contributed by atoms with E-state index in [0.717, 1.165) is 77.8 Å². The van der Waals surface area contributed by atoms with Crippen molar-refractivity contribution in [2.75, 3.05) is 52.5 Å². The number of aromatic hydroxyl groups is 1. The van der Waals surface area contributed by atoms with Crippen LogP contribution in [0.4, 0.5) is 0 Å². The van der Waals surface area contributed by atoms with Crippen LogP contribution in [-0.2, 0) is 20.7 Å². The van der Waals surface area contributed by atoms with Gasteiger partial charge in [-0.2, -0.15) is 0 Å². The SMILES string of the molecule is Cc1cc(C[C@@H](CC(=O)N2CCC(n3c(=O)[nH]c4c5ccccc5ncc43)CC2)C(=O)N2CCN(C3CCOCC3)CC2)cc(C)c1O. The van der Waals surface area contributed by atoms with Crippen LogP contribution in [0.5, 0.6) is 5.75 Å². The summed E-state index contributed by atoms with van der Waals surface area (Å²) in [6.07, 6.45) is 5.69. The molecule has 2 aromatic carbocycles. The lowest BCUT2D eigenvalue weighted by atomic mass is 9.91. The Morgan fingerprint density at radius 1 is 0.938 bits per heavy atom. The minimum Gasteiger partial charge on any atom is -0.507 e. The van der Waals surface area contributed by atoms with Gasteiger partial charge in [0.25, 0.3) is 0 Å². The summed E-state index contributed by atoms with van der Waals surface area (Å²) in [4.78, 5) is 55.1. The molecule has 11 heteroatoms. The van der Waals surface area contributed by atoms with Gasteiger partial charge in [0.2, 0.25) is 11.8 Å². The largest absolute Gasteiger partial charge is 0.507 e. The highest BCUT2D eigenvalue weighted by Gasteiger charge is 2.34. The van der Waals surface area contributed by atoms with E-state index in [4.69, 9.17) is 4.74 Å². The number of likely N-dealkylation sites (tertiary alicyclic amines) is 1. The average molecular weight is 655 g/mol. The summed E-state index contributed by atoms with van der Waals surface area (Å²) < 4.78 is 7.35. The number of nitrogens with one attached hydrogen (secondary N) is 1.